The van der Waals surface area contributed by atoms with Crippen LogP contribution in [-0.4, -0.2) is 48.3 Å². The summed E-state index contributed by atoms with van der Waals surface area (Å²) in [5.74, 6) is -1.17. The zero-order chi connectivity index (χ0) is 22.0. The highest BCUT2D eigenvalue weighted by atomic mass is 32.2. The highest BCUT2D eigenvalue weighted by Gasteiger charge is 2.20. The van der Waals surface area contributed by atoms with Crippen LogP contribution in [0.25, 0.3) is 16.9 Å². The van der Waals surface area contributed by atoms with Crippen LogP contribution in [0.15, 0.2) is 53.9 Å². The number of hydrogen-bond donors (Lipinski definition) is 2. The Hall–Kier alpha value is -3.67. The molecule has 3 heterocycles. The molecule has 4 aromatic rings. The first-order valence-corrected chi connectivity index (χ1v) is 10.1. The fourth-order valence-electron chi connectivity index (χ4n) is 3.01. The monoisotopic (exact) mass is 446 g/mol. The number of ether oxygens (including phenoxy) is 1. The summed E-state index contributed by atoms with van der Waals surface area (Å²) in [6.45, 7) is -3.44. The molecule has 0 aliphatic rings. The lowest BCUT2D eigenvalue weighted by atomic mass is 10.1. The summed E-state index contributed by atoms with van der Waals surface area (Å²) in [4.78, 5) is 16.3. The number of fused-ring (bicyclic) bond motifs is 1. The predicted octanol–water partition coefficient (Wildman–Crippen LogP) is 3.74. The number of carboxylic acids is 1. The third-order valence-electron chi connectivity index (χ3n) is 4.27. The maximum atomic E-state index is 13.0. The Morgan fingerprint density at radius 2 is 2.19 bits per heavy atom. The minimum Gasteiger partial charge on any atom is -0.480 e. The number of rotatable bonds is 8. The van der Waals surface area contributed by atoms with E-state index in [9.17, 15) is 13.6 Å². The Balaban J connectivity index is 1.83. The average molecular weight is 446 g/mol. The van der Waals surface area contributed by atoms with Crippen molar-refractivity contribution < 1.29 is 23.4 Å². The smallest absolute Gasteiger partial charge is 0.387 e. The first-order chi connectivity index (χ1) is 14.9. The summed E-state index contributed by atoms with van der Waals surface area (Å²) in [6.07, 6.45) is 8.20. The van der Waals surface area contributed by atoms with Crippen LogP contribution in [-0.2, 0) is 11.3 Å². The quantitative estimate of drug-likeness (QED) is 0.394. The molecule has 160 valence electrons. The first-order valence-electron chi connectivity index (χ1n) is 8.92. The van der Waals surface area contributed by atoms with Crippen LogP contribution in [0.2, 0.25) is 0 Å². The summed E-state index contributed by atoms with van der Waals surface area (Å²) in [7, 11) is 0. The molecule has 0 aliphatic carbocycles. The molecule has 0 saturated heterocycles. The number of anilines is 2. The minimum atomic E-state index is -3.03. The van der Waals surface area contributed by atoms with E-state index in [1.165, 1.54) is 28.7 Å². The maximum Gasteiger partial charge on any atom is 0.387 e. The topological polar surface area (TPSA) is 107 Å². The van der Waals surface area contributed by atoms with Gasteiger partial charge in [-0.1, -0.05) is 0 Å². The standard InChI is InChI=1S/C19H16F2N6O3S/c1-31-11-3-4-15(30-19(20)21)12(7-11)17-14(9-26(25-17)10-16(28)29)24-13-8-23-27-6-2-5-22-18(13)27/h2-9,19,24H,10H2,1H3,(H,28,29). The molecule has 0 saturated carbocycles. The summed E-state index contributed by atoms with van der Waals surface area (Å²) in [5.41, 5.74) is 2.00. The maximum absolute atomic E-state index is 13.0. The number of nitrogens with zero attached hydrogens (tertiary/aromatic N) is 5. The van der Waals surface area contributed by atoms with Gasteiger partial charge < -0.3 is 15.2 Å². The van der Waals surface area contributed by atoms with Gasteiger partial charge in [0, 0.05) is 29.0 Å². The molecule has 3 aromatic heterocycles. The average Bonchev–Trinajstić information content (AvgIpc) is 3.32. The van der Waals surface area contributed by atoms with E-state index in [4.69, 9.17) is 5.11 Å². The van der Waals surface area contributed by atoms with Crippen molar-refractivity contribution in [2.45, 2.75) is 18.1 Å². The molecule has 4 rings (SSSR count). The number of nitrogens with one attached hydrogen (secondary N) is 1. The SMILES string of the molecule is CSc1ccc(OC(F)F)c(-c2nn(CC(=O)O)cc2Nc2cnn3cccnc23)c1. The largest absolute Gasteiger partial charge is 0.480 e. The number of alkyl halides is 2. The van der Waals surface area contributed by atoms with Gasteiger partial charge in [-0.05, 0) is 30.5 Å². The van der Waals surface area contributed by atoms with E-state index in [2.05, 4.69) is 25.2 Å². The number of benzene rings is 1. The molecule has 0 fully saturated rings. The Morgan fingerprint density at radius 3 is 2.94 bits per heavy atom. The van der Waals surface area contributed by atoms with Crippen molar-refractivity contribution in [2.24, 2.45) is 0 Å². The number of hydrogen-bond acceptors (Lipinski definition) is 7. The van der Waals surface area contributed by atoms with Crippen LogP contribution < -0.4 is 10.1 Å². The van der Waals surface area contributed by atoms with Crippen LogP contribution in [0.1, 0.15) is 0 Å². The molecule has 0 atom stereocenters. The zero-order valence-corrected chi connectivity index (χ0v) is 16.9. The molecule has 0 unspecified atom stereocenters. The van der Waals surface area contributed by atoms with Crippen molar-refractivity contribution in [2.75, 3.05) is 11.6 Å². The van der Waals surface area contributed by atoms with Gasteiger partial charge in [0.05, 0.1) is 11.9 Å². The molecule has 0 bridgehead atoms. The van der Waals surface area contributed by atoms with Crippen molar-refractivity contribution in [3.63, 3.8) is 0 Å². The van der Waals surface area contributed by atoms with Gasteiger partial charge >= 0.3 is 12.6 Å². The van der Waals surface area contributed by atoms with Gasteiger partial charge in [-0.2, -0.15) is 19.0 Å². The van der Waals surface area contributed by atoms with Crippen molar-refractivity contribution in [3.8, 4) is 17.0 Å². The third kappa shape index (κ3) is 4.43. The van der Waals surface area contributed by atoms with Crippen LogP contribution in [0.4, 0.5) is 20.2 Å². The number of aromatic nitrogens is 5. The molecule has 0 radical (unpaired) electrons. The molecule has 0 spiro atoms. The minimum absolute atomic E-state index is 0.0746. The number of carboxylic acid groups (broad SMARTS) is 1. The lowest BCUT2D eigenvalue weighted by Crippen LogP contribution is -2.09. The van der Waals surface area contributed by atoms with Gasteiger partial charge in [-0.15, -0.1) is 11.8 Å². The lowest BCUT2D eigenvalue weighted by molar-refractivity contribution is -0.137. The second-order valence-electron chi connectivity index (χ2n) is 6.29. The lowest BCUT2D eigenvalue weighted by Gasteiger charge is -2.12. The van der Waals surface area contributed by atoms with E-state index in [1.807, 2.05) is 6.26 Å². The van der Waals surface area contributed by atoms with E-state index < -0.39 is 19.1 Å². The van der Waals surface area contributed by atoms with Gasteiger partial charge in [-0.25, -0.2) is 9.50 Å². The zero-order valence-electron chi connectivity index (χ0n) is 16.1. The molecular weight excluding hydrogens is 430 g/mol. The third-order valence-corrected chi connectivity index (χ3v) is 4.99. The van der Waals surface area contributed by atoms with Gasteiger partial charge in [0.1, 0.15) is 23.7 Å². The highest BCUT2D eigenvalue weighted by molar-refractivity contribution is 7.98. The van der Waals surface area contributed by atoms with Gasteiger partial charge in [0.25, 0.3) is 0 Å². The van der Waals surface area contributed by atoms with Crippen LogP contribution in [0.5, 0.6) is 5.75 Å². The molecule has 2 N–H and O–H groups in total. The van der Waals surface area contributed by atoms with Crippen molar-refractivity contribution >= 4 is 34.8 Å². The number of aliphatic carboxylic acids is 1. The molecule has 12 heteroatoms. The Kier molecular flexibility index (Phi) is 5.71. The Bertz CT molecular complexity index is 1240. The Labute approximate surface area is 178 Å². The normalized spacial score (nSPS) is 11.2. The Morgan fingerprint density at radius 1 is 1.35 bits per heavy atom. The van der Waals surface area contributed by atoms with Gasteiger partial charge in [-0.3, -0.25) is 9.48 Å². The number of thioether (sulfide) groups is 1. The van der Waals surface area contributed by atoms with E-state index in [0.29, 0.717) is 22.6 Å². The molecule has 1 aromatic carbocycles. The molecular formula is C19H16F2N6O3S. The number of halogens is 2. The van der Waals surface area contributed by atoms with Crippen LogP contribution in [0, 0.1) is 0 Å². The summed E-state index contributed by atoms with van der Waals surface area (Å²) in [5, 5.41) is 20.8. The van der Waals surface area contributed by atoms with E-state index in [0.717, 1.165) is 4.90 Å². The summed E-state index contributed by atoms with van der Waals surface area (Å²) >= 11 is 1.42. The highest BCUT2D eigenvalue weighted by Crippen LogP contribution is 2.38. The van der Waals surface area contributed by atoms with E-state index >= 15 is 0 Å². The fourth-order valence-corrected chi connectivity index (χ4v) is 3.45. The van der Waals surface area contributed by atoms with Crippen molar-refractivity contribution in [3.05, 3.63) is 49.1 Å². The second-order valence-corrected chi connectivity index (χ2v) is 7.17. The van der Waals surface area contributed by atoms with E-state index in [1.54, 1.807) is 41.3 Å². The van der Waals surface area contributed by atoms with E-state index in [-0.39, 0.29) is 11.4 Å². The van der Waals surface area contributed by atoms with Gasteiger partial charge in [0.15, 0.2) is 5.65 Å². The molecule has 9 nitrogen and oxygen atoms in total. The summed E-state index contributed by atoms with van der Waals surface area (Å²) in [6, 6.07) is 6.48. The van der Waals surface area contributed by atoms with Crippen LogP contribution in [0.3, 0.4) is 0 Å². The summed E-state index contributed by atoms with van der Waals surface area (Å²) < 4.78 is 33.4. The van der Waals surface area contributed by atoms with Crippen LogP contribution >= 0.6 is 11.8 Å². The fraction of sp³-hybridized carbons (Fsp3) is 0.158. The first kappa shape index (κ1) is 20.6. The number of carbonyl (C=O) groups is 1. The van der Waals surface area contributed by atoms with Crippen molar-refractivity contribution in [1.29, 1.82) is 0 Å². The molecule has 0 amide bonds. The molecule has 31 heavy (non-hydrogen) atoms. The predicted molar refractivity (Wildman–Crippen MR) is 110 cm³/mol. The van der Waals surface area contributed by atoms with Gasteiger partial charge in [0.2, 0.25) is 0 Å². The second kappa shape index (κ2) is 8.60. The molecule has 0 aliphatic heterocycles. The van der Waals surface area contributed by atoms with Crippen molar-refractivity contribution in [1.82, 2.24) is 24.4 Å².